The highest BCUT2D eigenvalue weighted by molar-refractivity contribution is 5.76. The van der Waals surface area contributed by atoms with Gasteiger partial charge in [-0.3, -0.25) is 9.69 Å². The molecular formula is C18H25NO2. The Morgan fingerprint density at radius 2 is 1.86 bits per heavy atom. The van der Waals surface area contributed by atoms with Crippen molar-refractivity contribution < 1.29 is 9.53 Å². The third-order valence-electron chi connectivity index (χ3n) is 5.03. The fourth-order valence-corrected chi connectivity index (χ4v) is 3.93. The Kier molecular flexibility index (Phi) is 4.29. The van der Waals surface area contributed by atoms with E-state index >= 15 is 0 Å². The minimum atomic E-state index is -0.0289. The van der Waals surface area contributed by atoms with Crippen LogP contribution in [0.2, 0.25) is 0 Å². The van der Waals surface area contributed by atoms with Crippen LogP contribution in [0.4, 0.5) is 0 Å². The molecule has 1 saturated carbocycles. The van der Waals surface area contributed by atoms with Crippen LogP contribution in [-0.4, -0.2) is 29.6 Å². The van der Waals surface area contributed by atoms with Crippen molar-refractivity contribution in [3.63, 3.8) is 0 Å². The smallest absolute Gasteiger partial charge is 0.323 e. The highest BCUT2D eigenvalue weighted by Crippen LogP contribution is 2.40. The number of nitrogens with zero attached hydrogens (tertiary/aromatic N) is 1. The Morgan fingerprint density at radius 3 is 2.48 bits per heavy atom. The van der Waals surface area contributed by atoms with Crippen LogP contribution in [0.3, 0.4) is 0 Å². The van der Waals surface area contributed by atoms with E-state index in [0.717, 1.165) is 6.54 Å². The molecule has 1 aromatic rings. The molecule has 0 spiro atoms. The summed E-state index contributed by atoms with van der Waals surface area (Å²) in [6.07, 6.45) is 4.82. The van der Waals surface area contributed by atoms with Crippen LogP contribution in [0.25, 0.3) is 0 Å². The van der Waals surface area contributed by atoms with Gasteiger partial charge >= 0.3 is 5.97 Å². The van der Waals surface area contributed by atoms with Gasteiger partial charge in [-0.15, -0.1) is 0 Å². The Morgan fingerprint density at radius 1 is 1.19 bits per heavy atom. The van der Waals surface area contributed by atoms with Crippen LogP contribution in [-0.2, 0) is 16.1 Å². The second kappa shape index (κ2) is 6.18. The molecule has 2 bridgehead atoms. The van der Waals surface area contributed by atoms with Crippen molar-refractivity contribution in [1.82, 2.24) is 4.90 Å². The Labute approximate surface area is 127 Å². The van der Waals surface area contributed by atoms with E-state index in [2.05, 4.69) is 36.1 Å². The van der Waals surface area contributed by atoms with E-state index < -0.39 is 0 Å². The Bertz CT molecular complexity index is 488. The number of rotatable bonds is 4. The third kappa shape index (κ3) is 2.98. The first-order valence-corrected chi connectivity index (χ1v) is 8.17. The fourth-order valence-electron chi connectivity index (χ4n) is 3.93. The highest BCUT2D eigenvalue weighted by Gasteiger charge is 2.45. The maximum Gasteiger partial charge on any atom is 0.323 e. The lowest BCUT2D eigenvalue weighted by Crippen LogP contribution is -2.58. The number of hydrogen-bond donors (Lipinski definition) is 0. The minimum Gasteiger partial charge on any atom is -0.465 e. The van der Waals surface area contributed by atoms with Gasteiger partial charge < -0.3 is 4.74 Å². The van der Waals surface area contributed by atoms with E-state index in [1.54, 1.807) is 0 Å². The van der Waals surface area contributed by atoms with E-state index in [1.807, 2.05) is 6.92 Å². The standard InChI is InChI=1S/C18H25NO2/c1-3-21-18(20)17-15-8-10-16(11-9-15)19(17)12-14-6-4-13(2)5-7-14/h4-7,15-17H,3,8-12H2,1-2H3. The molecule has 3 fully saturated rings. The molecule has 2 heterocycles. The van der Waals surface area contributed by atoms with Gasteiger partial charge in [-0.05, 0) is 51.0 Å². The second-order valence-corrected chi connectivity index (χ2v) is 6.42. The van der Waals surface area contributed by atoms with Gasteiger partial charge in [0.15, 0.2) is 0 Å². The van der Waals surface area contributed by atoms with Gasteiger partial charge in [-0.25, -0.2) is 0 Å². The van der Waals surface area contributed by atoms with Crippen molar-refractivity contribution in [1.29, 1.82) is 0 Å². The quantitative estimate of drug-likeness (QED) is 0.796. The van der Waals surface area contributed by atoms with E-state index in [0.29, 0.717) is 18.6 Å². The zero-order valence-corrected chi connectivity index (χ0v) is 13.0. The summed E-state index contributed by atoms with van der Waals surface area (Å²) >= 11 is 0. The van der Waals surface area contributed by atoms with E-state index in [-0.39, 0.29) is 12.0 Å². The van der Waals surface area contributed by atoms with Gasteiger partial charge in [0, 0.05) is 12.6 Å². The zero-order chi connectivity index (χ0) is 14.8. The van der Waals surface area contributed by atoms with Crippen LogP contribution in [0.5, 0.6) is 0 Å². The summed E-state index contributed by atoms with van der Waals surface area (Å²) in [6, 6.07) is 9.18. The van der Waals surface area contributed by atoms with Crippen LogP contribution in [0, 0.1) is 12.8 Å². The molecule has 0 aromatic heterocycles. The van der Waals surface area contributed by atoms with Gasteiger partial charge in [0.25, 0.3) is 0 Å². The van der Waals surface area contributed by atoms with Gasteiger partial charge in [0.1, 0.15) is 6.04 Å². The lowest BCUT2D eigenvalue weighted by atomic mass is 9.74. The molecule has 2 saturated heterocycles. The summed E-state index contributed by atoms with van der Waals surface area (Å²) in [5.74, 6) is 0.471. The number of ether oxygens (including phenoxy) is 1. The summed E-state index contributed by atoms with van der Waals surface area (Å²) in [5, 5.41) is 0. The molecule has 0 amide bonds. The van der Waals surface area contributed by atoms with Crippen molar-refractivity contribution in [2.24, 2.45) is 5.92 Å². The minimum absolute atomic E-state index is 0.0148. The molecule has 0 N–H and O–H groups in total. The Balaban J connectivity index is 1.79. The summed E-state index contributed by atoms with van der Waals surface area (Å²) < 4.78 is 5.34. The van der Waals surface area contributed by atoms with Gasteiger partial charge in [0.2, 0.25) is 0 Å². The van der Waals surface area contributed by atoms with Gasteiger partial charge in [0.05, 0.1) is 6.61 Å². The summed E-state index contributed by atoms with van der Waals surface area (Å²) in [5.41, 5.74) is 2.57. The monoisotopic (exact) mass is 287 g/mol. The number of hydrogen-bond acceptors (Lipinski definition) is 3. The SMILES string of the molecule is CCOC(=O)C1C2CCC(CC2)N1Cc1ccc(C)cc1. The average Bonchev–Trinajstić information content (AvgIpc) is 2.51. The van der Waals surface area contributed by atoms with Crippen LogP contribution in [0.15, 0.2) is 24.3 Å². The molecule has 4 rings (SSSR count). The maximum atomic E-state index is 12.4. The summed E-state index contributed by atoms with van der Waals surface area (Å²) in [7, 11) is 0. The maximum absolute atomic E-state index is 12.4. The van der Waals surface area contributed by atoms with Gasteiger partial charge in [-0.2, -0.15) is 0 Å². The molecule has 3 aliphatic rings. The van der Waals surface area contributed by atoms with E-state index in [9.17, 15) is 4.79 Å². The second-order valence-electron chi connectivity index (χ2n) is 6.42. The first-order valence-electron chi connectivity index (χ1n) is 8.17. The molecule has 3 nitrogen and oxygen atoms in total. The fraction of sp³-hybridized carbons (Fsp3) is 0.611. The van der Waals surface area contributed by atoms with Crippen molar-refractivity contribution in [2.45, 2.75) is 58.2 Å². The highest BCUT2D eigenvalue weighted by atomic mass is 16.5. The number of fused-ring (bicyclic) bond motifs is 3. The predicted octanol–water partition coefficient (Wildman–Crippen LogP) is 3.30. The number of carbonyl (C=O) groups is 1. The van der Waals surface area contributed by atoms with Crippen molar-refractivity contribution in [3.05, 3.63) is 35.4 Å². The van der Waals surface area contributed by atoms with Crippen molar-refractivity contribution in [3.8, 4) is 0 Å². The first kappa shape index (κ1) is 14.6. The number of esters is 1. The Hall–Kier alpha value is -1.35. The first-order chi connectivity index (χ1) is 10.2. The molecule has 114 valence electrons. The lowest BCUT2D eigenvalue weighted by molar-refractivity contribution is -0.159. The number of benzene rings is 1. The van der Waals surface area contributed by atoms with Crippen LogP contribution < -0.4 is 0 Å². The number of carbonyl (C=O) groups excluding carboxylic acids is 1. The molecule has 0 radical (unpaired) electrons. The number of aryl methyl sites for hydroxylation is 1. The normalized spacial score (nSPS) is 28.6. The van der Waals surface area contributed by atoms with Crippen molar-refractivity contribution in [2.75, 3.05) is 6.61 Å². The van der Waals surface area contributed by atoms with E-state index in [4.69, 9.17) is 4.74 Å². The van der Waals surface area contributed by atoms with Crippen molar-refractivity contribution >= 4 is 5.97 Å². The topological polar surface area (TPSA) is 29.5 Å². The molecule has 1 aliphatic carbocycles. The lowest BCUT2D eigenvalue weighted by Gasteiger charge is -2.50. The average molecular weight is 287 g/mol. The van der Waals surface area contributed by atoms with Crippen LogP contribution >= 0.6 is 0 Å². The molecule has 1 atom stereocenters. The van der Waals surface area contributed by atoms with Gasteiger partial charge in [-0.1, -0.05) is 29.8 Å². The molecule has 1 unspecified atom stereocenters. The molecule has 2 aliphatic heterocycles. The van der Waals surface area contributed by atoms with E-state index in [1.165, 1.54) is 36.8 Å². The van der Waals surface area contributed by atoms with Crippen LogP contribution in [0.1, 0.15) is 43.7 Å². The summed E-state index contributed by atoms with van der Waals surface area (Å²) in [6.45, 7) is 5.34. The zero-order valence-electron chi connectivity index (χ0n) is 13.0. The third-order valence-corrected chi connectivity index (χ3v) is 5.03. The predicted molar refractivity (Wildman–Crippen MR) is 82.9 cm³/mol. The summed E-state index contributed by atoms with van der Waals surface area (Å²) in [4.78, 5) is 14.8. The molecule has 3 heteroatoms. The molecular weight excluding hydrogens is 262 g/mol. The molecule has 21 heavy (non-hydrogen) atoms. The molecule has 1 aromatic carbocycles. The number of piperidine rings is 2. The largest absolute Gasteiger partial charge is 0.465 e.